The molecule has 1 aromatic carbocycles. The Kier molecular flexibility index (Phi) is 9.76. The van der Waals surface area contributed by atoms with E-state index in [1.165, 1.54) is 30.5 Å². The number of ketones is 1. The van der Waals surface area contributed by atoms with Crippen LogP contribution in [0, 0.1) is 11.8 Å². The third kappa shape index (κ3) is 7.22. The van der Waals surface area contributed by atoms with Gasteiger partial charge in [-0.3, -0.25) is 19.2 Å². The van der Waals surface area contributed by atoms with Crippen LogP contribution in [0.5, 0.6) is 0 Å². The predicted molar refractivity (Wildman–Crippen MR) is 127 cm³/mol. The van der Waals surface area contributed by atoms with Crippen molar-refractivity contribution in [3.63, 3.8) is 0 Å². The molecule has 0 aromatic heterocycles. The van der Waals surface area contributed by atoms with Gasteiger partial charge < -0.3 is 15.5 Å². The number of halogens is 3. The zero-order valence-corrected chi connectivity index (χ0v) is 21.3. The highest BCUT2D eigenvalue weighted by Gasteiger charge is 2.46. The first-order valence-corrected chi connectivity index (χ1v) is 12.7. The smallest absolute Gasteiger partial charge is 0.344 e. The average Bonchev–Trinajstić information content (AvgIpc) is 3.29. The zero-order chi connectivity index (χ0) is 26.5. The summed E-state index contributed by atoms with van der Waals surface area (Å²) in [6.07, 6.45) is -2.46. The van der Waals surface area contributed by atoms with Crippen LogP contribution in [-0.2, 0) is 14.4 Å². The fourth-order valence-electron chi connectivity index (χ4n) is 3.92. The van der Waals surface area contributed by atoms with Crippen LogP contribution in [0.25, 0.3) is 0 Å². The van der Waals surface area contributed by atoms with Crippen molar-refractivity contribution in [3.05, 3.63) is 29.8 Å². The first kappa shape index (κ1) is 28.7. The summed E-state index contributed by atoms with van der Waals surface area (Å²) in [6.45, 7) is 6.53. The number of nitrogens with one attached hydrogen (secondary N) is 2. The molecule has 7 nitrogen and oxygen atoms in total. The Morgan fingerprint density at radius 1 is 0.971 bits per heavy atom. The van der Waals surface area contributed by atoms with E-state index in [4.69, 9.17) is 0 Å². The number of benzene rings is 1. The number of hydrogen-bond donors (Lipinski definition) is 2. The van der Waals surface area contributed by atoms with Crippen molar-refractivity contribution < 1.29 is 32.3 Å². The zero-order valence-electron chi connectivity index (χ0n) is 20.4. The maximum absolute atomic E-state index is 13.4. The SMILES string of the molecule is CSc1ccc(C(=O)N[C@H](C(=O)N2CCC[C@H]2C(=O)NC(C(=O)C(F)(F)F)C(C)C)C(C)C)cc1. The lowest BCUT2D eigenvalue weighted by atomic mass is 9.98. The van der Waals surface area contributed by atoms with Crippen LogP contribution in [0.3, 0.4) is 0 Å². The quantitative estimate of drug-likeness (QED) is 0.492. The van der Waals surface area contributed by atoms with E-state index in [9.17, 15) is 32.3 Å². The molecule has 11 heteroatoms. The third-order valence-electron chi connectivity index (χ3n) is 5.94. The van der Waals surface area contributed by atoms with Gasteiger partial charge in [0.1, 0.15) is 12.1 Å². The molecule has 0 bridgehead atoms. The maximum atomic E-state index is 13.4. The van der Waals surface area contributed by atoms with Crippen LogP contribution >= 0.6 is 11.8 Å². The molecule has 0 radical (unpaired) electrons. The Bertz CT molecular complexity index is 935. The number of Topliss-reactive ketones (excluding diaryl/α,β-unsaturated/α-hetero) is 1. The molecule has 3 atom stereocenters. The second-order valence-electron chi connectivity index (χ2n) is 9.21. The largest absolute Gasteiger partial charge is 0.452 e. The van der Waals surface area contributed by atoms with Crippen molar-refractivity contribution in [2.75, 3.05) is 12.8 Å². The molecule has 1 heterocycles. The molecule has 194 valence electrons. The molecule has 2 N–H and O–H groups in total. The van der Waals surface area contributed by atoms with Gasteiger partial charge in [-0.2, -0.15) is 13.2 Å². The van der Waals surface area contributed by atoms with Gasteiger partial charge in [-0.25, -0.2) is 0 Å². The third-order valence-corrected chi connectivity index (χ3v) is 6.68. The fourth-order valence-corrected chi connectivity index (χ4v) is 4.33. The molecule has 1 aliphatic rings. The second-order valence-corrected chi connectivity index (χ2v) is 10.1. The van der Waals surface area contributed by atoms with E-state index >= 15 is 0 Å². The van der Waals surface area contributed by atoms with E-state index in [0.717, 1.165) is 4.90 Å². The van der Waals surface area contributed by atoms with Gasteiger partial charge in [-0.1, -0.05) is 27.7 Å². The molecule has 1 saturated heterocycles. The fraction of sp³-hybridized carbons (Fsp3) is 0.583. The van der Waals surface area contributed by atoms with Gasteiger partial charge in [0.05, 0.1) is 6.04 Å². The molecule has 1 aromatic rings. The van der Waals surface area contributed by atoms with E-state index in [1.807, 2.05) is 6.26 Å². The van der Waals surface area contributed by atoms with Gasteiger partial charge in [-0.15, -0.1) is 11.8 Å². The highest BCUT2D eigenvalue weighted by molar-refractivity contribution is 7.98. The molecule has 1 unspecified atom stereocenters. The highest BCUT2D eigenvalue weighted by atomic mass is 32.2. The van der Waals surface area contributed by atoms with Gasteiger partial charge in [0.2, 0.25) is 11.8 Å². The lowest BCUT2D eigenvalue weighted by Crippen LogP contribution is -2.58. The normalized spacial score (nSPS) is 17.9. The number of thioether (sulfide) groups is 1. The average molecular weight is 516 g/mol. The van der Waals surface area contributed by atoms with Gasteiger partial charge in [0.25, 0.3) is 11.7 Å². The summed E-state index contributed by atoms with van der Waals surface area (Å²) >= 11 is 1.53. The summed E-state index contributed by atoms with van der Waals surface area (Å²) in [5, 5.41) is 4.94. The van der Waals surface area contributed by atoms with E-state index in [0.29, 0.717) is 12.0 Å². The van der Waals surface area contributed by atoms with Crippen molar-refractivity contribution in [2.24, 2.45) is 11.8 Å². The first-order valence-electron chi connectivity index (χ1n) is 11.4. The number of nitrogens with zero attached hydrogens (tertiary/aromatic N) is 1. The number of hydrogen-bond acceptors (Lipinski definition) is 5. The number of carbonyl (C=O) groups is 4. The van der Waals surface area contributed by atoms with Crippen LogP contribution in [-0.4, -0.2) is 65.5 Å². The number of carbonyl (C=O) groups excluding carboxylic acids is 4. The molecule has 1 fully saturated rings. The molecule has 0 aliphatic carbocycles. The van der Waals surface area contributed by atoms with Gasteiger partial charge in [0.15, 0.2) is 0 Å². The Morgan fingerprint density at radius 2 is 1.54 bits per heavy atom. The van der Waals surface area contributed by atoms with Gasteiger partial charge in [-0.05, 0) is 55.2 Å². The summed E-state index contributed by atoms with van der Waals surface area (Å²) in [4.78, 5) is 53.1. The van der Waals surface area contributed by atoms with Crippen molar-refractivity contribution >= 4 is 35.3 Å². The van der Waals surface area contributed by atoms with E-state index < -0.39 is 53.7 Å². The molecular weight excluding hydrogens is 483 g/mol. The van der Waals surface area contributed by atoms with E-state index in [2.05, 4.69) is 10.6 Å². The van der Waals surface area contributed by atoms with E-state index in [-0.39, 0.29) is 18.9 Å². The Balaban J connectivity index is 2.17. The first-order chi connectivity index (χ1) is 16.3. The lowest BCUT2D eigenvalue weighted by molar-refractivity contribution is -0.175. The topological polar surface area (TPSA) is 95.6 Å². The van der Waals surface area contributed by atoms with Gasteiger partial charge >= 0.3 is 6.18 Å². The Hall–Kier alpha value is -2.56. The predicted octanol–water partition coefficient (Wildman–Crippen LogP) is 3.43. The van der Waals surface area contributed by atoms with Crippen molar-refractivity contribution in [1.29, 1.82) is 0 Å². The molecule has 35 heavy (non-hydrogen) atoms. The summed E-state index contributed by atoms with van der Waals surface area (Å²) in [6, 6.07) is 3.18. The summed E-state index contributed by atoms with van der Waals surface area (Å²) < 4.78 is 39.0. The standard InChI is InChI=1S/C24H32F3N3O4S/c1-13(2)18(20(31)24(25,26)27)28-22(33)17-7-6-12-30(17)23(34)19(14(3)4)29-21(32)15-8-10-16(35-5)11-9-15/h8-11,13-14,17-19H,6-7,12H2,1-5H3,(H,28,33)(H,29,32)/t17-,18?,19-/m0/s1. The Labute approximate surface area is 207 Å². The van der Waals surface area contributed by atoms with Crippen LogP contribution < -0.4 is 10.6 Å². The minimum absolute atomic E-state index is 0.220. The number of alkyl halides is 3. The maximum Gasteiger partial charge on any atom is 0.452 e. The van der Waals surface area contributed by atoms with Gasteiger partial charge in [0, 0.05) is 17.0 Å². The molecule has 0 saturated carbocycles. The van der Waals surface area contributed by atoms with Crippen LogP contribution in [0.4, 0.5) is 13.2 Å². The lowest BCUT2D eigenvalue weighted by Gasteiger charge is -2.32. The highest BCUT2D eigenvalue weighted by Crippen LogP contribution is 2.24. The summed E-state index contributed by atoms with van der Waals surface area (Å²) in [5.41, 5.74) is 0.377. The summed E-state index contributed by atoms with van der Waals surface area (Å²) in [7, 11) is 0. The minimum atomic E-state index is -5.09. The van der Waals surface area contributed by atoms with Crippen molar-refractivity contribution in [2.45, 2.75) is 69.7 Å². The van der Waals surface area contributed by atoms with E-state index in [1.54, 1.807) is 38.1 Å². The van der Waals surface area contributed by atoms with Crippen molar-refractivity contribution in [3.8, 4) is 0 Å². The number of likely N-dealkylation sites (tertiary alicyclic amines) is 1. The van der Waals surface area contributed by atoms with Crippen molar-refractivity contribution in [1.82, 2.24) is 15.5 Å². The van der Waals surface area contributed by atoms with Crippen LogP contribution in [0.1, 0.15) is 50.9 Å². The molecule has 2 rings (SSSR count). The summed E-state index contributed by atoms with van der Waals surface area (Å²) in [5.74, 6) is -4.88. The van der Waals surface area contributed by atoms with Crippen LogP contribution in [0.2, 0.25) is 0 Å². The molecule has 3 amide bonds. The minimum Gasteiger partial charge on any atom is -0.344 e. The number of rotatable bonds is 9. The van der Waals surface area contributed by atoms with Crippen LogP contribution in [0.15, 0.2) is 29.2 Å². The molecule has 0 spiro atoms. The molecule has 1 aliphatic heterocycles. The monoisotopic (exact) mass is 515 g/mol. The number of amides is 3. The second kappa shape index (κ2) is 11.9. The molecular formula is C24H32F3N3O4S. The Morgan fingerprint density at radius 3 is 2.03 bits per heavy atom.